The first-order valence-corrected chi connectivity index (χ1v) is 3.71. The second-order valence-corrected chi connectivity index (χ2v) is 2.59. The number of anilines is 1. The number of rotatable bonds is 0. The Balaban J connectivity index is 2.89. The molecule has 0 amide bonds. The topological polar surface area (TPSA) is 75.6 Å². The molecule has 2 aromatic heterocycles. The van der Waals surface area contributed by atoms with Crippen LogP contribution in [-0.2, 0) is 0 Å². The van der Waals surface area contributed by atoms with Gasteiger partial charge in [-0.05, 0) is 6.07 Å². The van der Waals surface area contributed by atoms with E-state index < -0.39 is 0 Å². The minimum Gasteiger partial charge on any atom is -0.397 e. The number of fused-ring (bicyclic) bond motifs is 1. The van der Waals surface area contributed by atoms with Crippen LogP contribution in [0.3, 0.4) is 0 Å². The summed E-state index contributed by atoms with van der Waals surface area (Å²) < 4.78 is 0. The van der Waals surface area contributed by atoms with E-state index in [1.54, 1.807) is 18.5 Å². The molecule has 4 nitrogen and oxygen atoms in total. The largest absolute Gasteiger partial charge is 0.397 e. The van der Waals surface area contributed by atoms with Crippen molar-refractivity contribution in [2.45, 2.75) is 0 Å². The van der Waals surface area contributed by atoms with Crippen LogP contribution in [0.15, 0.2) is 24.7 Å². The van der Waals surface area contributed by atoms with Gasteiger partial charge in [-0.2, -0.15) is 5.26 Å². The number of nitrogen functional groups attached to an aromatic ring is 1. The van der Waals surface area contributed by atoms with E-state index in [2.05, 4.69) is 9.97 Å². The number of nitrogens with zero attached hydrogens (tertiary/aromatic N) is 3. The molecule has 0 aliphatic rings. The Morgan fingerprint density at radius 2 is 2.23 bits per heavy atom. The highest BCUT2D eigenvalue weighted by Crippen LogP contribution is 2.20. The average Bonchev–Trinajstić information content (AvgIpc) is 2.19. The Bertz CT molecular complexity index is 498. The van der Waals surface area contributed by atoms with E-state index in [0.717, 1.165) is 5.39 Å². The van der Waals surface area contributed by atoms with Gasteiger partial charge in [0.15, 0.2) is 0 Å². The highest BCUT2D eigenvalue weighted by molar-refractivity contribution is 5.91. The van der Waals surface area contributed by atoms with E-state index in [4.69, 9.17) is 11.0 Å². The third kappa shape index (κ3) is 1.07. The maximum Gasteiger partial charge on any atom is 0.103 e. The van der Waals surface area contributed by atoms with Crippen molar-refractivity contribution in [1.29, 1.82) is 5.26 Å². The first kappa shape index (κ1) is 7.50. The van der Waals surface area contributed by atoms with Gasteiger partial charge in [0.1, 0.15) is 6.07 Å². The van der Waals surface area contributed by atoms with E-state index in [-0.39, 0.29) is 0 Å². The lowest BCUT2D eigenvalue weighted by atomic mass is 10.1. The van der Waals surface area contributed by atoms with Gasteiger partial charge in [0.25, 0.3) is 0 Å². The lowest BCUT2D eigenvalue weighted by Crippen LogP contribution is -1.94. The van der Waals surface area contributed by atoms with Crippen LogP contribution in [0.5, 0.6) is 0 Å². The Morgan fingerprint density at radius 1 is 1.38 bits per heavy atom. The molecule has 0 radical (unpaired) electrons. The zero-order valence-electron chi connectivity index (χ0n) is 6.73. The zero-order valence-corrected chi connectivity index (χ0v) is 6.73. The molecule has 0 unspecified atom stereocenters. The number of nitriles is 1. The summed E-state index contributed by atoms with van der Waals surface area (Å²) in [6.45, 7) is 0. The van der Waals surface area contributed by atoms with Crippen molar-refractivity contribution >= 4 is 16.6 Å². The molecule has 0 saturated heterocycles. The molecule has 4 heteroatoms. The summed E-state index contributed by atoms with van der Waals surface area (Å²) in [7, 11) is 0. The normalized spacial score (nSPS) is 9.77. The fourth-order valence-corrected chi connectivity index (χ4v) is 1.15. The third-order valence-electron chi connectivity index (χ3n) is 1.83. The van der Waals surface area contributed by atoms with Crippen molar-refractivity contribution in [2.24, 2.45) is 0 Å². The number of aromatic nitrogens is 2. The predicted molar refractivity (Wildman–Crippen MR) is 48.7 cm³/mol. The van der Waals surface area contributed by atoms with E-state index in [9.17, 15) is 0 Å². The minimum absolute atomic E-state index is 0.402. The van der Waals surface area contributed by atoms with Gasteiger partial charge in [-0.3, -0.25) is 9.97 Å². The molecule has 2 N–H and O–H groups in total. The lowest BCUT2D eigenvalue weighted by Gasteiger charge is -2.00. The van der Waals surface area contributed by atoms with E-state index in [0.29, 0.717) is 16.8 Å². The zero-order chi connectivity index (χ0) is 9.26. The molecule has 0 aromatic carbocycles. The summed E-state index contributed by atoms with van der Waals surface area (Å²) in [5.41, 5.74) is 7.32. The number of pyridine rings is 2. The summed E-state index contributed by atoms with van der Waals surface area (Å²) in [5, 5.41) is 9.46. The second-order valence-electron chi connectivity index (χ2n) is 2.59. The Kier molecular flexibility index (Phi) is 1.57. The molecule has 62 valence electrons. The molecule has 0 atom stereocenters. The van der Waals surface area contributed by atoms with Crippen LogP contribution in [-0.4, -0.2) is 9.97 Å². The van der Waals surface area contributed by atoms with E-state index >= 15 is 0 Å². The summed E-state index contributed by atoms with van der Waals surface area (Å²) in [4.78, 5) is 7.96. The smallest absolute Gasteiger partial charge is 0.103 e. The molecule has 13 heavy (non-hydrogen) atoms. The molecule has 0 fully saturated rings. The van der Waals surface area contributed by atoms with Gasteiger partial charge in [0.2, 0.25) is 0 Å². The summed E-state index contributed by atoms with van der Waals surface area (Å²) in [6, 6.07) is 3.73. The van der Waals surface area contributed by atoms with Gasteiger partial charge in [-0.1, -0.05) is 0 Å². The molecule has 0 aliphatic heterocycles. The fraction of sp³-hybridized carbons (Fsp3) is 0. The summed E-state index contributed by atoms with van der Waals surface area (Å²) in [6.07, 6.45) is 4.70. The summed E-state index contributed by atoms with van der Waals surface area (Å²) >= 11 is 0. The van der Waals surface area contributed by atoms with Gasteiger partial charge in [0, 0.05) is 17.8 Å². The molecule has 0 aliphatic carbocycles. The number of hydrogen-bond acceptors (Lipinski definition) is 4. The van der Waals surface area contributed by atoms with Crippen LogP contribution in [0, 0.1) is 11.3 Å². The maximum absolute atomic E-state index is 8.69. The van der Waals surface area contributed by atoms with Crippen molar-refractivity contribution in [1.82, 2.24) is 9.97 Å². The Morgan fingerprint density at radius 3 is 3.00 bits per heavy atom. The Hall–Kier alpha value is -2.15. The van der Waals surface area contributed by atoms with Crippen molar-refractivity contribution in [3.8, 4) is 6.07 Å². The van der Waals surface area contributed by atoms with Crippen molar-refractivity contribution in [3.05, 3.63) is 30.2 Å². The standard InChI is InChI=1S/C9H6N4/c10-3-6-4-13-8-5-12-2-1-7(8)9(6)11/h1-2,4-5H,(H2,11,13). The van der Waals surface area contributed by atoms with E-state index in [1.807, 2.05) is 6.07 Å². The Labute approximate surface area is 74.6 Å². The minimum atomic E-state index is 0.402. The number of nitrogens with two attached hydrogens (primary N) is 1. The van der Waals surface area contributed by atoms with Gasteiger partial charge in [-0.25, -0.2) is 0 Å². The molecular formula is C9H6N4. The van der Waals surface area contributed by atoms with Crippen LogP contribution in [0.2, 0.25) is 0 Å². The van der Waals surface area contributed by atoms with Crippen LogP contribution >= 0.6 is 0 Å². The van der Waals surface area contributed by atoms with Gasteiger partial charge >= 0.3 is 0 Å². The highest BCUT2D eigenvalue weighted by Gasteiger charge is 2.03. The SMILES string of the molecule is N#Cc1cnc2cnccc2c1N. The lowest BCUT2D eigenvalue weighted by molar-refractivity contribution is 1.30. The number of hydrogen-bond donors (Lipinski definition) is 1. The van der Waals surface area contributed by atoms with Crippen LogP contribution in [0.25, 0.3) is 10.9 Å². The van der Waals surface area contributed by atoms with Crippen LogP contribution < -0.4 is 5.73 Å². The fourth-order valence-electron chi connectivity index (χ4n) is 1.15. The predicted octanol–water partition coefficient (Wildman–Crippen LogP) is 1.08. The van der Waals surface area contributed by atoms with Crippen molar-refractivity contribution in [2.75, 3.05) is 5.73 Å². The monoisotopic (exact) mass is 170 g/mol. The molecule has 0 saturated carbocycles. The van der Waals surface area contributed by atoms with Gasteiger partial charge in [-0.15, -0.1) is 0 Å². The molecule has 2 heterocycles. The molecule has 2 aromatic rings. The molecule has 0 bridgehead atoms. The molecule has 2 rings (SSSR count). The van der Waals surface area contributed by atoms with E-state index in [1.165, 1.54) is 6.20 Å². The average molecular weight is 170 g/mol. The van der Waals surface area contributed by atoms with Gasteiger partial charge < -0.3 is 5.73 Å². The van der Waals surface area contributed by atoms with Gasteiger partial charge in [0.05, 0.1) is 23.0 Å². The first-order valence-electron chi connectivity index (χ1n) is 3.71. The molecular weight excluding hydrogens is 164 g/mol. The quantitative estimate of drug-likeness (QED) is 0.641. The van der Waals surface area contributed by atoms with Crippen molar-refractivity contribution in [3.63, 3.8) is 0 Å². The summed E-state index contributed by atoms with van der Waals surface area (Å²) in [5.74, 6) is 0. The third-order valence-corrected chi connectivity index (χ3v) is 1.83. The van der Waals surface area contributed by atoms with Crippen LogP contribution in [0.1, 0.15) is 5.56 Å². The molecule has 0 spiro atoms. The highest BCUT2D eigenvalue weighted by atomic mass is 14.7. The van der Waals surface area contributed by atoms with Crippen LogP contribution in [0.4, 0.5) is 5.69 Å². The second kappa shape index (κ2) is 2.72. The van der Waals surface area contributed by atoms with Crippen molar-refractivity contribution < 1.29 is 0 Å². The first-order chi connectivity index (χ1) is 6.33. The maximum atomic E-state index is 8.69.